The SMILES string of the molecule is CC(C)(CCN)CCC(=O)N1CCCSCC1. The third-order valence-electron chi connectivity index (χ3n) is 3.41. The molecule has 0 atom stereocenters. The molecule has 0 bridgehead atoms. The zero-order chi connectivity index (χ0) is 12.7. The van der Waals surface area contributed by atoms with E-state index in [1.54, 1.807) is 0 Å². The van der Waals surface area contributed by atoms with Gasteiger partial charge in [0.1, 0.15) is 0 Å². The number of carbonyl (C=O) groups is 1. The van der Waals surface area contributed by atoms with Crippen LogP contribution in [0.2, 0.25) is 0 Å². The van der Waals surface area contributed by atoms with Crippen LogP contribution in [0.4, 0.5) is 0 Å². The zero-order valence-electron chi connectivity index (χ0n) is 11.2. The van der Waals surface area contributed by atoms with E-state index in [-0.39, 0.29) is 5.41 Å². The van der Waals surface area contributed by atoms with E-state index < -0.39 is 0 Å². The first kappa shape index (κ1) is 14.8. The lowest BCUT2D eigenvalue weighted by Gasteiger charge is -2.26. The average molecular weight is 258 g/mol. The van der Waals surface area contributed by atoms with Crippen molar-refractivity contribution in [2.45, 2.75) is 39.5 Å². The number of nitrogens with zero attached hydrogens (tertiary/aromatic N) is 1. The first-order valence-electron chi connectivity index (χ1n) is 6.61. The van der Waals surface area contributed by atoms with E-state index in [1.165, 1.54) is 5.75 Å². The second kappa shape index (κ2) is 7.27. The Labute approximate surface area is 109 Å². The van der Waals surface area contributed by atoms with E-state index in [4.69, 9.17) is 5.73 Å². The molecule has 0 aromatic carbocycles. The largest absolute Gasteiger partial charge is 0.342 e. The highest BCUT2D eigenvalue weighted by molar-refractivity contribution is 7.99. The summed E-state index contributed by atoms with van der Waals surface area (Å²) in [5.74, 6) is 2.62. The number of carbonyl (C=O) groups excluding carboxylic acids is 1. The van der Waals surface area contributed by atoms with Gasteiger partial charge in [0, 0.05) is 25.3 Å². The Kier molecular flexibility index (Phi) is 6.34. The molecule has 1 rings (SSSR count). The van der Waals surface area contributed by atoms with Gasteiger partial charge < -0.3 is 10.6 Å². The Bertz CT molecular complexity index is 236. The summed E-state index contributed by atoms with van der Waals surface area (Å²) in [5.41, 5.74) is 5.79. The number of hydrogen-bond donors (Lipinski definition) is 1. The second-order valence-electron chi connectivity index (χ2n) is 5.55. The van der Waals surface area contributed by atoms with E-state index in [1.807, 2.05) is 16.7 Å². The summed E-state index contributed by atoms with van der Waals surface area (Å²) in [6, 6.07) is 0. The number of thioether (sulfide) groups is 1. The van der Waals surface area contributed by atoms with Crippen LogP contribution in [0.25, 0.3) is 0 Å². The summed E-state index contributed by atoms with van der Waals surface area (Å²) in [5, 5.41) is 0. The molecule has 0 aliphatic carbocycles. The van der Waals surface area contributed by atoms with Crippen LogP contribution in [-0.2, 0) is 4.79 Å². The molecule has 0 saturated carbocycles. The lowest BCUT2D eigenvalue weighted by atomic mass is 9.84. The number of hydrogen-bond acceptors (Lipinski definition) is 3. The minimum absolute atomic E-state index is 0.199. The lowest BCUT2D eigenvalue weighted by Crippen LogP contribution is -2.33. The van der Waals surface area contributed by atoms with Crippen molar-refractivity contribution in [2.24, 2.45) is 11.1 Å². The first-order chi connectivity index (χ1) is 8.05. The standard InChI is InChI=1S/C13H26N2OS/c1-13(2,6-7-14)5-4-12(16)15-8-3-10-17-11-9-15/h3-11,14H2,1-2H3. The first-order valence-corrected chi connectivity index (χ1v) is 7.76. The summed E-state index contributed by atoms with van der Waals surface area (Å²) in [4.78, 5) is 14.1. The Morgan fingerprint density at radius 1 is 1.29 bits per heavy atom. The molecule has 1 aliphatic rings. The molecule has 1 fully saturated rings. The van der Waals surface area contributed by atoms with E-state index >= 15 is 0 Å². The monoisotopic (exact) mass is 258 g/mol. The van der Waals surface area contributed by atoms with Gasteiger partial charge in [0.2, 0.25) is 5.91 Å². The van der Waals surface area contributed by atoms with Gasteiger partial charge in [0.05, 0.1) is 0 Å². The molecule has 0 radical (unpaired) electrons. The van der Waals surface area contributed by atoms with Gasteiger partial charge in [0.15, 0.2) is 0 Å². The molecule has 1 heterocycles. The minimum Gasteiger partial charge on any atom is -0.342 e. The molecule has 1 amide bonds. The fourth-order valence-electron chi connectivity index (χ4n) is 2.11. The summed E-state index contributed by atoms with van der Waals surface area (Å²) in [6.45, 7) is 6.99. The van der Waals surface area contributed by atoms with Crippen molar-refractivity contribution in [1.82, 2.24) is 4.90 Å². The number of amides is 1. The van der Waals surface area contributed by atoms with E-state index in [0.29, 0.717) is 18.9 Å². The van der Waals surface area contributed by atoms with Gasteiger partial charge >= 0.3 is 0 Å². The average Bonchev–Trinajstić information content (AvgIpc) is 2.54. The van der Waals surface area contributed by atoms with Crippen molar-refractivity contribution in [1.29, 1.82) is 0 Å². The van der Waals surface area contributed by atoms with Crippen molar-refractivity contribution in [2.75, 3.05) is 31.1 Å². The van der Waals surface area contributed by atoms with Crippen LogP contribution in [0.1, 0.15) is 39.5 Å². The van der Waals surface area contributed by atoms with Crippen molar-refractivity contribution in [3.8, 4) is 0 Å². The van der Waals surface area contributed by atoms with Gasteiger partial charge in [-0.05, 0) is 37.0 Å². The maximum Gasteiger partial charge on any atom is 0.222 e. The molecule has 100 valence electrons. The fourth-order valence-corrected chi connectivity index (χ4v) is 3.00. The molecule has 0 spiro atoms. The van der Waals surface area contributed by atoms with Gasteiger partial charge in [-0.25, -0.2) is 0 Å². The molecular weight excluding hydrogens is 232 g/mol. The minimum atomic E-state index is 0.199. The van der Waals surface area contributed by atoms with Gasteiger partial charge in [-0.2, -0.15) is 11.8 Å². The molecule has 0 aromatic rings. The van der Waals surface area contributed by atoms with Gasteiger partial charge in [-0.1, -0.05) is 13.8 Å². The van der Waals surface area contributed by atoms with Crippen molar-refractivity contribution in [3.05, 3.63) is 0 Å². The Balaban J connectivity index is 2.32. The van der Waals surface area contributed by atoms with Gasteiger partial charge in [-0.3, -0.25) is 4.79 Å². The summed E-state index contributed by atoms with van der Waals surface area (Å²) < 4.78 is 0. The van der Waals surface area contributed by atoms with Crippen LogP contribution in [0.15, 0.2) is 0 Å². The van der Waals surface area contributed by atoms with Crippen LogP contribution in [0.5, 0.6) is 0 Å². The predicted molar refractivity (Wildman–Crippen MR) is 75.2 cm³/mol. The van der Waals surface area contributed by atoms with Crippen LogP contribution >= 0.6 is 11.8 Å². The van der Waals surface area contributed by atoms with Crippen molar-refractivity contribution < 1.29 is 4.79 Å². The molecule has 4 heteroatoms. The van der Waals surface area contributed by atoms with Crippen LogP contribution in [-0.4, -0.2) is 41.9 Å². The molecule has 17 heavy (non-hydrogen) atoms. The summed E-state index contributed by atoms with van der Waals surface area (Å²) in [6.07, 6.45) is 3.77. The predicted octanol–water partition coefficient (Wildman–Crippen LogP) is 2.11. The van der Waals surface area contributed by atoms with Crippen molar-refractivity contribution in [3.63, 3.8) is 0 Å². The Morgan fingerprint density at radius 3 is 2.76 bits per heavy atom. The van der Waals surface area contributed by atoms with Gasteiger partial charge in [-0.15, -0.1) is 0 Å². The van der Waals surface area contributed by atoms with Crippen LogP contribution in [0.3, 0.4) is 0 Å². The van der Waals surface area contributed by atoms with Crippen LogP contribution < -0.4 is 5.73 Å². The Hall–Kier alpha value is -0.220. The molecule has 0 aromatic heterocycles. The highest BCUT2D eigenvalue weighted by Gasteiger charge is 2.21. The molecule has 0 unspecified atom stereocenters. The number of rotatable bonds is 5. The number of nitrogens with two attached hydrogens (primary N) is 1. The van der Waals surface area contributed by atoms with Crippen molar-refractivity contribution >= 4 is 17.7 Å². The quantitative estimate of drug-likeness (QED) is 0.821. The molecule has 3 nitrogen and oxygen atoms in total. The molecule has 1 aliphatic heterocycles. The maximum atomic E-state index is 12.1. The molecule has 2 N–H and O–H groups in total. The fraction of sp³-hybridized carbons (Fsp3) is 0.923. The third-order valence-corrected chi connectivity index (χ3v) is 4.46. The maximum absolute atomic E-state index is 12.1. The third kappa shape index (κ3) is 5.77. The molecule has 1 saturated heterocycles. The van der Waals surface area contributed by atoms with E-state index in [0.717, 1.165) is 38.1 Å². The summed E-state index contributed by atoms with van der Waals surface area (Å²) in [7, 11) is 0. The topological polar surface area (TPSA) is 46.3 Å². The zero-order valence-corrected chi connectivity index (χ0v) is 12.0. The normalized spacial score (nSPS) is 17.9. The molecular formula is C13H26N2OS. The smallest absolute Gasteiger partial charge is 0.222 e. The van der Waals surface area contributed by atoms with Crippen LogP contribution in [0, 0.1) is 5.41 Å². The lowest BCUT2D eigenvalue weighted by molar-refractivity contribution is -0.131. The highest BCUT2D eigenvalue weighted by atomic mass is 32.2. The Morgan fingerprint density at radius 2 is 2.06 bits per heavy atom. The van der Waals surface area contributed by atoms with E-state index in [2.05, 4.69) is 13.8 Å². The second-order valence-corrected chi connectivity index (χ2v) is 6.77. The summed E-state index contributed by atoms with van der Waals surface area (Å²) >= 11 is 1.96. The van der Waals surface area contributed by atoms with Gasteiger partial charge in [0.25, 0.3) is 0 Å². The highest BCUT2D eigenvalue weighted by Crippen LogP contribution is 2.26. The van der Waals surface area contributed by atoms with E-state index in [9.17, 15) is 4.79 Å².